The lowest BCUT2D eigenvalue weighted by Gasteiger charge is -2.33. The molecule has 6 rings (SSSR count). The number of likely N-dealkylation sites (N-methyl/N-ethyl adjacent to an activating group) is 1. The molecule has 1 fully saturated rings. The second kappa shape index (κ2) is 10.5. The number of para-hydroxylation sites is 2. The number of benzene rings is 3. The lowest BCUT2D eigenvalue weighted by molar-refractivity contribution is 0.312. The van der Waals surface area contributed by atoms with E-state index in [1.807, 2.05) is 54.6 Å². The minimum atomic E-state index is 0.278. The molecule has 196 valence electrons. The van der Waals surface area contributed by atoms with Crippen molar-refractivity contribution in [3.05, 3.63) is 90.6 Å². The van der Waals surface area contributed by atoms with Crippen LogP contribution >= 0.6 is 0 Å². The highest BCUT2D eigenvalue weighted by Crippen LogP contribution is 2.28. The summed E-state index contributed by atoms with van der Waals surface area (Å²) in [5, 5.41) is 4.42. The molecule has 1 aliphatic rings. The van der Waals surface area contributed by atoms with Crippen LogP contribution in [0.5, 0.6) is 11.6 Å². The molecule has 0 atom stereocenters. The van der Waals surface area contributed by atoms with Gasteiger partial charge in [-0.15, -0.1) is 0 Å². The number of fused-ring (bicyclic) bond motifs is 2. The van der Waals surface area contributed by atoms with Crippen LogP contribution in [0.1, 0.15) is 11.1 Å². The third-order valence-electron chi connectivity index (χ3n) is 6.90. The first-order valence-electron chi connectivity index (χ1n) is 12.9. The van der Waals surface area contributed by atoms with Crippen LogP contribution < -0.4 is 20.7 Å². The zero-order valence-electron chi connectivity index (χ0n) is 21.8. The van der Waals surface area contributed by atoms with Gasteiger partial charge in [-0.05, 0) is 54.6 Å². The number of nitrogens with two attached hydrogens (primary N) is 1. The lowest BCUT2D eigenvalue weighted by atomic mass is 10.1. The molecule has 0 unspecified atom stereocenters. The SMILES string of the molecule is C=C(NCc1cccc(Oc2cnc3ccccc3n2)c1)c1ccc2c(N3CCN(C)CC3)nc(N)nc2c1. The monoisotopic (exact) mass is 518 g/mol. The summed E-state index contributed by atoms with van der Waals surface area (Å²) in [5.74, 6) is 2.32. The maximum atomic E-state index is 6.10. The number of hydrogen-bond acceptors (Lipinski definition) is 9. The molecule has 1 saturated heterocycles. The Hall–Kier alpha value is -4.76. The average Bonchev–Trinajstić information content (AvgIpc) is 2.95. The molecule has 0 bridgehead atoms. The summed E-state index contributed by atoms with van der Waals surface area (Å²) < 4.78 is 5.99. The van der Waals surface area contributed by atoms with Gasteiger partial charge in [-0.3, -0.25) is 0 Å². The summed E-state index contributed by atoms with van der Waals surface area (Å²) in [7, 11) is 2.14. The van der Waals surface area contributed by atoms with E-state index in [0.29, 0.717) is 18.2 Å². The molecule has 0 saturated carbocycles. The number of aromatic nitrogens is 4. The van der Waals surface area contributed by atoms with Crippen molar-refractivity contribution in [3.63, 3.8) is 0 Å². The van der Waals surface area contributed by atoms with E-state index < -0.39 is 0 Å². The van der Waals surface area contributed by atoms with E-state index in [-0.39, 0.29) is 5.95 Å². The standard InChI is InChI=1S/C30H30N8O/c1-20(22-10-11-24-27(17-22)35-30(31)36-29(24)38-14-12-37(2)13-15-38)32-18-21-6-5-7-23(16-21)39-28-19-33-25-8-3-4-9-26(25)34-28/h3-11,16-17,19,32H,1,12-15,18H2,2H3,(H2,31,35,36). The van der Waals surface area contributed by atoms with E-state index in [1.54, 1.807) is 6.20 Å². The van der Waals surface area contributed by atoms with Gasteiger partial charge < -0.3 is 25.6 Å². The molecule has 9 nitrogen and oxygen atoms in total. The molecule has 0 spiro atoms. The molecule has 0 amide bonds. The molecule has 0 aliphatic carbocycles. The van der Waals surface area contributed by atoms with Crippen molar-refractivity contribution in [1.29, 1.82) is 0 Å². The predicted molar refractivity (Wildman–Crippen MR) is 156 cm³/mol. The van der Waals surface area contributed by atoms with Gasteiger partial charge in [0.05, 0.1) is 22.7 Å². The van der Waals surface area contributed by atoms with Crippen molar-refractivity contribution in [2.75, 3.05) is 43.9 Å². The van der Waals surface area contributed by atoms with Crippen LogP contribution in [0.4, 0.5) is 11.8 Å². The molecule has 5 aromatic rings. The molecule has 1 aliphatic heterocycles. The summed E-state index contributed by atoms with van der Waals surface area (Å²) in [4.78, 5) is 22.6. The van der Waals surface area contributed by atoms with Gasteiger partial charge in [0.25, 0.3) is 0 Å². The maximum absolute atomic E-state index is 6.10. The molecule has 3 heterocycles. The van der Waals surface area contributed by atoms with Gasteiger partial charge >= 0.3 is 0 Å². The summed E-state index contributed by atoms with van der Waals surface area (Å²) in [5.41, 5.74) is 11.3. The third-order valence-corrected chi connectivity index (χ3v) is 6.90. The minimum absolute atomic E-state index is 0.278. The van der Waals surface area contributed by atoms with Crippen molar-refractivity contribution in [1.82, 2.24) is 30.2 Å². The first-order valence-corrected chi connectivity index (χ1v) is 12.9. The van der Waals surface area contributed by atoms with Crippen LogP contribution in [0, 0.1) is 0 Å². The smallest absolute Gasteiger partial charge is 0.238 e. The fourth-order valence-electron chi connectivity index (χ4n) is 4.72. The minimum Gasteiger partial charge on any atom is -0.437 e. The number of nitrogen functional groups attached to an aromatic ring is 1. The van der Waals surface area contributed by atoms with Crippen molar-refractivity contribution in [3.8, 4) is 11.6 Å². The Bertz CT molecular complexity index is 1660. The molecule has 3 aromatic carbocycles. The number of nitrogens with one attached hydrogen (secondary N) is 1. The Morgan fingerprint density at radius 2 is 1.74 bits per heavy atom. The van der Waals surface area contributed by atoms with Crippen molar-refractivity contribution in [2.24, 2.45) is 0 Å². The largest absolute Gasteiger partial charge is 0.437 e. The average molecular weight is 519 g/mol. The van der Waals surface area contributed by atoms with Gasteiger partial charge in [-0.2, -0.15) is 4.98 Å². The van der Waals surface area contributed by atoms with E-state index in [0.717, 1.165) is 70.8 Å². The van der Waals surface area contributed by atoms with E-state index in [2.05, 4.69) is 60.8 Å². The van der Waals surface area contributed by atoms with Crippen LogP contribution in [-0.4, -0.2) is 58.1 Å². The first-order chi connectivity index (χ1) is 19.0. The molecule has 2 aromatic heterocycles. The quantitative estimate of drug-likeness (QED) is 0.323. The Morgan fingerprint density at radius 3 is 2.59 bits per heavy atom. The molecule has 9 heteroatoms. The number of nitrogens with zero attached hydrogens (tertiary/aromatic N) is 6. The maximum Gasteiger partial charge on any atom is 0.238 e. The van der Waals surface area contributed by atoms with Gasteiger partial charge in [0, 0.05) is 43.8 Å². The fraction of sp³-hybridized carbons (Fsp3) is 0.200. The van der Waals surface area contributed by atoms with Gasteiger partial charge in [0.2, 0.25) is 11.8 Å². The highest BCUT2D eigenvalue weighted by atomic mass is 16.5. The zero-order chi connectivity index (χ0) is 26.8. The van der Waals surface area contributed by atoms with E-state index in [9.17, 15) is 0 Å². The lowest BCUT2D eigenvalue weighted by Crippen LogP contribution is -2.45. The number of anilines is 2. The Kier molecular flexibility index (Phi) is 6.64. The van der Waals surface area contributed by atoms with Crippen molar-refractivity contribution in [2.45, 2.75) is 6.54 Å². The fourth-order valence-corrected chi connectivity index (χ4v) is 4.72. The Labute approximate surface area is 227 Å². The summed E-state index contributed by atoms with van der Waals surface area (Å²) >= 11 is 0. The van der Waals surface area contributed by atoms with Crippen LogP contribution in [0.2, 0.25) is 0 Å². The topological polar surface area (TPSA) is 105 Å². The molecule has 3 N–H and O–H groups in total. The van der Waals surface area contributed by atoms with E-state index in [1.165, 1.54) is 0 Å². The van der Waals surface area contributed by atoms with Crippen LogP contribution in [0.3, 0.4) is 0 Å². The number of piperazine rings is 1. The summed E-state index contributed by atoms with van der Waals surface area (Å²) in [6.45, 7) is 8.64. The van der Waals surface area contributed by atoms with Crippen LogP contribution in [-0.2, 0) is 6.54 Å². The highest BCUT2D eigenvalue weighted by Gasteiger charge is 2.19. The molecular formula is C30H30N8O. The van der Waals surface area contributed by atoms with Gasteiger partial charge in [0.1, 0.15) is 11.6 Å². The molecule has 39 heavy (non-hydrogen) atoms. The number of rotatable bonds is 7. The molecular weight excluding hydrogens is 488 g/mol. The zero-order valence-corrected chi connectivity index (χ0v) is 21.8. The Balaban J connectivity index is 1.15. The summed E-state index contributed by atoms with van der Waals surface area (Å²) in [6.07, 6.45) is 1.64. The van der Waals surface area contributed by atoms with E-state index in [4.69, 9.17) is 10.5 Å². The Morgan fingerprint density at radius 1 is 0.923 bits per heavy atom. The second-order valence-corrected chi connectivity index (χ2v) is 9.71. The van der Waals surface area contributed by atoms with Gasteiger partial charge in [-0.25, -0.2) is 15.0 Å². The highest BCUT2D eigenvalue weighted by molar-refractivity contribution is 5.92. The van der Waals surface area contributed by atoms with Crippen molar-refractivity contribution >= 4 is 39.4 Å². The summed E-state index contributed by atoms with van der Waals surface area (Å²) in [6, 6.07) is 21.7. The normalized spacial score (nSPS) is 14.0. The molecule has 0 radical (unpaired) electrons. The van der Waals surface area contributed by atoms with Crippen LogP contribution in [0.25, 0.3) is 27.6 Å². The van der Waals surface area contributed by atoms with Crippen LogP contribution in [0.15, 0.2) is 79.5 Å². The van der Waals surface area contributed by atoms with E-state index >= 15 is 0 Å². The first kappa shape index (κ1) is 24.6. The number of ether oxygens (including phenoxy) is 1. The number of hydrogen-bond donors (Lipinski definition) is 2. The van der Waals surface area contributed by atoms with Crippen molar-refractivity contribution < 1.29 is 4.74 Å². The van der Waals surface area contributed by atoms with Gasteiger partial charge in [0.15, 0.2) is 0 Å². The third kappa shape index (κ3) is 5.44. The second-order valence-electron chi connectivity index (χ2n) is 9.71. The predicted octanol–water partition coefficient (Wildman–Crippen LogP) is 4.46. The van der Waals surface area contributed by atoms with Gasteiger partial charge in [-0.1, -0.05) is 36.9 Å².